The number of fused-ring (bicyclic) bond motifs is 3. The van der Waals surface area contributed by atoms with Gasteiger partial charge in [0.1, 0.15) is 30.0 Å². The Bertz CT molecular complexity index is 1600. The number of anilines is 2. The fourth-order valence-electron chi connectivity index (χ4n) is 4.96. The average Bonchev–Trinajstić information content (AvgIpc) is 3.63. The van der Waals surface area contributed by atoms with Crippen molar-refractivity contribution in [1.29, 1.82) is 5.26 Å². The number of aryl methyl sites for hydroxylation is 1. The Morgan fingerprint density at radius 1 is 1.19 bits per heavy atom. The molecule has 0 amide bonds. The molecular weight excluding hydrogens is 479 g/mol. The number of hydrogen-bond acceptors (Lipinski definition) is 9. The minimum absolute atomic E-state index is 0.0444. The highest BCUT2D eigenvalue weighted by atomic mass is 19.1. The Labute approximate surface area is 210 Å². The summed E-state index contributed by atoms with van der Waals surface area (Å²) in [6, 6.07) is 10.2. The van der Waals surface area contributed by atoms with Gasteiger partial charge in [-0.1, -0.05) is 0 Å². The van der Waals surface area contributed by atoms with Crippen molar-refractivity contribution in [2.24, 2.45) is 17.9 Å². The van der Waals surface area contributed by atoms with Crippen molar-refractivity contribution >= 4 is 23.0 Å². The van der Waals surface area contributed by atoms with Crippen LogP contribution in [0, 0.1) is 17.1 Å². The fourth-order valence-corrected chi connectivity index (χ4v) is 4.96. The molecule has 0 aliphatic carbocycles. The third-order valence-electron chi connectivity index (χ3n) is 6.95. The maximum atomic E-state index is 14.0. The van der Waals surface area contributed by atoms with E-state index in [9.17, 15) is 9.18 Å². The van der Waals surface area contributed by atoms with Gasteiger partial charge in [0.15, 0.2) is 11.6 Å². The van der Waals surface area contributed by atoms with Crippen molar-refractivity contribution in [3.8, 4) is 6.07 Å². The Hall–Kier alpha value is -4.41. The van der Waals surface area contributed by atoms with Crippen molar-refractivity contribution in [2.75, 3.05) is 49.3 Å². The van der Waals surface area contributed by atoms with E-state index in [4.69, 9.17) is 20.5 Å². The maximum Gasteiger partial charge on any atom is 0.345 e. The summed E-state index contributed by atoms with van der Waals surface area (Å²) in [5.74, 6) is 7.26. The van der Waals surface area contributed by atoms with Gasteiger partial charge in [0, 0.05) is 52.0 Å². The SMILES string of the molecule is Cn1c(=O)n(CCN2CCN(c3ccc(C#N)c(F)c3)CC2)c2nc3c(n21)C(c1ccco1)=NCN3N. The van der Waals surface area contributed by atoms with E-state index in [1.54, 1.807) is 34.5 Å². The van der Waals surface area contributed by atoms with Gasteiger partial charge in [0.2, 0.25) is 5.78 Å². The van der Waals surface area contributed by atoms with Crippen LogP contribution in [-0.2, 0) is 13.6 Å². The molecule has 1 saturated heterocycles. The highest BCUT2D eigenvalue weighted by Gasteiger charge is 2.31. The zero-order valence-electron chi connectivity index (χ0n) is 20.2. The van der Waals surface area contributed by atoms with Crippen LogP contribution in [0.3, 0.4) is 0 Å². The quantitative estimate of drug-likeness (QED) is 0.394. The summed E-state index contributed by atoms with van der Waals surface area (Å²) in [7, 11) is 1.69. The monoisotopic (exact) mass is 504 g/mol. The van der Waals surface area contributed by atoms with Crippen molar-refractivity contribution < 1.29 is 8.81 Å². The number of aromatic nitrogens is 4. The molecule has 0 radical (unpaired) electrons. The van der Waals surface area contributed by atoms with Gasteiger partial charge in [0.05, 0.1) is 11.8 Å². The smallest absolute Gasteiger partial charge is 0.345 e. The molecule has 2 aliphatic rings. The molecule has 1 aromatic carbocycles. The van der Waals surface area contributed by atoms with Gasteiger partial charge in [0.25, 0.3) is 0 Å². The van der Waals surface area contributed by atoms with Crippen molar-refractivity contribution in [2.45, 2.75) is 6.54 Å². The van der Waals surface area contributed by atoms with Gasteiger partial charge >= 0.3 is 5.69 Å². The first kappa shape index (κ1) is 23.0. The number of nitrogens with two attached hydrogens (primary N) is 1. The lowest BCUT2D eigenvalue weighted by Gasteiger charge is -2.36. The Balaban J connectivity index is 1.21. The van der Waals surface area contributed by atoms with E-state index >= 15 is 0 Å². The first-order valence-electron chi connectivity index (χ1n) is 11.9. The standard InChI is InChI=1S/C24H25FN10O2/c1-30-24(36)33(11-8-31-6-9-32(10-7-31)17-5-4-16(14-26)18(25)13-17)23-29-22-21(35(23)30)20(28-15-34(22)27)19-3-2-12-37-19/h2-5,12-13H,6-11,15,27H2,1H3. The zero-order valence-corrected chi connectivity index (χ0v) is 20.2. The lowest BCUT2D eigenvalue weighted by molar-refractivity contribution is 0.248. The van der Waals surface area contributed by atoms with Crippen LogP contribution >= 0.6 is 0 Å². The van der Waals surface area contributed by atoms with Gasteiger partial charge in [-0.2, -0.15) is 10.2 Å². The lowest BCUT2D eigenvalue weighted by Crippen LogP contribution is -2.47. The second-order valence-corrected chi connectivity index (χ2v) is 9.05. The molecule has 1 fully saturated rings. The number of hydrogen-bond donors (Lipinski definition) is 1. The molecule has 13 heteroatoms. The highest BCUT2D eigenvalue weighted by Crippen LogP contribution is 2.27. The minimum Gasteiger partial charge on any atom is -0.463 e. The van der Waals surface area contributed by atoms with Crippen LogP contribution in [0.2, 0.25) is 0 Å². The van der Waals surface area contributed by atoms with E-state index in [-0.39, 0.29) is 17.9 Å². The van der Waals surface area contributed by atoms with E-state index in [2.05, 4.69) is 14.8 Å². The molecule has 37 heavy (non-hydrogen) atoms. The number of imidazole rings is 1. The molecule has 0 atom stereocenters. The maximum absolute atomic E-state index is 14.0. The summed E-state index contributed by atoms with van der Waals surface area (Å²) in [6.07, 6.45) is 1.58. The van der Waals surface area contributed by atoms with E-state index in [0.29, 0.717) is 54.9 Å². The van der Waals surface area contributed by atoms with E-state index < -0.39 is 5.82 Å². The summed E-state index contributed by atoms with van der Waals surface area (Å²) < 4.78 is 24.5. The molecular formula is C24H25FN10O2. The molecule has 5 heterocycles. The molecule has 2 aliphatic heterocycles. The van der Waals surface area contributed by atoms with Gasteiger partial charge in [-0.25, -0.2) is 24.2 Å². The molecule has 0 spiro atoms. The predicted octanol–water partition coefficient (Wildman–Crippen LogP) is 0.749. The zero-order chi connectivity index (χ0) is 25.7. The molecule has 3 aromatic heterocycles. The van der Waals surface area contributed by atoms with Crippen molar-refractivity contribution in [3.63, 3.8) is 0 Å². The predicted molar refractivity (Wildman–Crippen MR) is 134 cm³/mol. The fraction of sp³-hybridized carbons (Fsp3) is 0.333. The van der Waals surface area contributed by atoms with Crippen LogP contribution in [0.15, 0.2) is 50.8 Å². The van der Waals surface area contributed by atoms with Gasteiger partial charge < -0.3 is 9.32 Å². The molecule has 12 nitrogen and oxygen atoms in total. The summed E-state index contributed by atoms with van der Waals surface area (Å²) in [6.45, 7) is 4.28. The van der Waals surface area contributed by atoms with Crippen LogP contribution in [0.4, 0.5) is 15.9 Å². The van der Waals surface area contributed by atoms with E-state index in [1.165, 1.54) is 21.8 Å². The number of furan rings is 1. The van der Waals surface area contributed by atoms with Crippen LogP contribution < -0.4 is 21.4 Å². The Morgan fingerprint density at radius 3 is 2.70 bits per heavy atom. The molecule has 190 valence electrons. The minimum atomic E-state index is -0.506. The molecule has 4 aromatic rings. The average molecular weight is 505 g/mol. The summed E-state index contributed by atoms with van der Waals surface area (Å²) in [5, 5.41) is 10.4. The molecule has 2 N–H and O–H groups in total. The number of nitrogens with zero attached hydrogens (tertiary/aromatic N) is 9. The Morgan fingerprint density at radius 2 is 2.00 bits per heavy atom. The largest absolute Gasteiger partial charge is 0.463 e. The van der Waals surface area contributed by atoms with Crippen LogP contribution in [0.25, 0.3) is 5.78 Å². The highest BCUT2D eigenvalue weighted by molar-refractivity contribution is 6.14. The first-order valence-corrected chi connectivity index (χ1v) is 11.9. The number of benzene rings is 1. The van der Waals surface area contributed by atoms with Crippen molar-refractivity contribution in [1.82, 2.24) is 23.6 Å². The third-order valence-corrected chi connectivity index (χ3v) is 6.95. The number of nitriles is 1. The van der Waals surface area contributed by atoms with Gasteiger partial charge in [-0.15, -0.1) is 0 Å². The number of hydrazine groups is 1. The summed E-state index contributed by atoms with van der Waals surface area (Å²) in [5.41, 5.74) is 1.83. The normalized spacial score (nSPS) is 16.2. The molecule has 0 bridgehead atoms. The van der Waals surface area contributed by atoms with Crippen molar-refractivity contribution in [3.05, 3.63) is 69.9 Å². The van der Waals surface area contributed by atoms with Crippen LogP contribution in [0.1, 0.15) is 17.0 Å². The topological polar surface area (TPSA) is 129 Å². The summed E-state index contributed by atoms with van der Waals surface area (Å²) >= 11 is 0. The number of rotatable bonds is 5. The first-order chi connectivity index (χ1) is 18.0. The van der Waals surface area contributed by atoms with E-state index in [0.717, 1.165) is 18.8 Å². The molecule has 6 rings (SSSR count). The molecule has 0 unspecified atom stereocenters. The second kappa shape index (κ2) is 8.91. The second-order valence-electron chi connectivity index (χ2n) is 9.05. The van der Waals surface area contributed by atoms with E-state index in [1.807, 2.05) is 12.1 Å². The number of piperazine rings is 1. The van der Waals surface area contributed by atoms with Crippen LogP contribution in [-0.4, -0.2) is 68.8 Å². The number of halogens is 1. The summed E-state index contributed by atoms with van der Waals surface area (Å²) in [4.78, 5) is 26.8. The number of aliphatic imine (C=N–C) groups is 1. The Kier molecular flexibility index (Phi) is 5.54. The third kappa shape index (κ3) is 3.78. The van der Waals surface area contributed by atoms with Gasteiger partial charge in [-0.3, -0.25) is 19.5 Å². The van der Waals surface area contributed by atoms with Gasteiger partial charge in [-0.05, 0) is 30.3 Å². The molecule has 0 saturated carbocycles. The lowest BCUT2D eigenvalue weighted by atomic mass is 10.2. The van der Waals surface area contributed by atoms with Crippen LogP contribution in [0.5, 0.6) is 0 Å².